The lowest BCUT2D eigenvalue weighted by Crippen LogP contribution is -2.46. The zero-order valence-electron chi connectivity index (χ0n) is 18.3. The largest absolute Gasteiger partial charge is 0.493 e. The van der Waals surface area contributed by atoms with Gasteiger partial charge in [0.1, 0.15) is 0 Å². The Bertz CT molecular complexity index is 952. The Balaban J connectivity index is 1.19. The van der Waals surface area contributed by atoms with Crippen molar-refractivity contribution in [2.24, 2.45) is 0 Å². The molecule has 1 aliphatic heterocycles. The Morgan fingerprint density at radius 2 is 1.65 bits per heavy atom. The third-order valence-corrected chi connectivity index (χ3v) is 5.68. The second kappa shape index (κ2) is 10.4. The van der Waals surface area contributed by atoms with E-state index >= 15 is 0 Å². The molecule has 0 spiro atoms. The Hall–Kier alpha value is -2.90. The Kier molecular flexibility index (Phi) is 7.17. The molecule has 1 aliphatic rings. The first-order chi connectivity index (χ1) is 15.2. The quantitative estimate of drug-likeness (QED) is 0.523. The summed E-state index contributed by atoms with van der Waals surface area (Å²) in [5, 5.41) is 4.10. The number of ether oxygens (including phenoxy) is 2. The van der Waals surface area contributed by atoms with Crippen LogP contribution in [-0.4, -0.2) is 66.9 Å². The zero-order valence-corrected chi connectivity index (χ0v) is 18.3. The van der Waals surface area contributed by atoms with E-state index in [-0.39, 0.29) is 0 Å². The summed E-state index contributed by atoms with van der Waals surface area (Å²) >= 11 is 0. The summed E-state index contributed by atoms with van der Waals surface area (Å²) in [6.07, 6.45) is 1.83. The van der Waals surface area contributed by atoms with E-state index in [2.05, 4.69) is 32.1 Å². The van der Waals surface area contributed by atoms with Crippen molar-refractivity contribution in [1.82, 2.24) is 19.9 Å². The number of methoxy groups -OCH3 is 2. The van der Waals surface area contributed by atoms with Gasteiger partial charge in [0.05, 0.1) is 14.2 Å². The van der Waals surface area contributed by atoms with E-state index in [9.17, 15) is 0 Å². The number of piperazine rings is 1. The van der Waals surface area contributed by atoms with E-state index in [0.717, 1.165) is 69.2 Å². The third-order valence-electron chi connectivity index (χ3n) is 5.68. The van der Waals surface area contributed by atoms with Crippen molar-refractivity contribution in [3.63, 3.8) is 0 Å². The van der Waals surface area contributed by atoms with Crippen LogP contribution in [0.15, 0.2) is 53.1 Å². The van der Waals surface area contributed by atoms with Crippen molar-refractivity contribution < 1.29 is 14.0 Å². The molecule has 0 bridgehead atoms. The van der Waals surface area contributed by atoms with E-state index in [4.69, 9.17) is 14.0 Å². The average Bonchev–Trinajstić information content (AvgIpc) is 3.30. The van der Waals surface area contributed by atoms with Crippen LogP contribution in [0.5, 0.6) is 11.5 Å². The minimum absolute atomic E-state index is 0.666. The van der Waals surface area contributed by atoms with Crippen molar-refractivity contribution in [3.8, 4) is 22.9 Å². The summed E-state index contributed by atoms with van der Waals surface area (Å²) in [7, 11) is 3.34. The van der Waals surface area contributed by atoms with Crippen molar-refractivity contribution in [1.29, 1.82) is 0 Å². The minimum atomic E-state index is 0.666. The molecule has 7 nitrogen and oxygen atoms in total. The van der Waals surface area contributed by atoms with E-state index in [1.54, 1.807) is 14.2 Å². The molecule has 7 heteroatoms. The maximum absolute atomic E-state index is 5.42. The SMILES string of the molecule is COc1ccc(CN2CCN(CCCc3nc(-c4ccccc4)no3)CC2)cc1OC. The summed E-state index contributed by atoms with van der Waals surface area (Å²) in [6.45, 7) is 6.25. The lowest BCUT2D eigenvalue weighted by molar-refractivity contribution is 0.125. The van der Waals surface area contributed by atoms with Crippen LogP contribution >= 0.6 is 0 Å². The van der Waals surface area contributed by atoms with Crippen LogP contribution < -0.4 is 9.47 Å². The number of rotatable bonds is 9. The van der Waals surface area contributed by atoms with E-state index in [1.165, 1.54) is 5.56 Å². The highest BCUT2D eigenvalue weighted by atomic mass is 16.5. The van der Waals surface area contributed by atoms with Gasteiger partial charge in [-0.3, -0.25) is 4.90 Å². The Morgan fingerprint density at radius 1 is 0.903 bits per heavy atom. The monoisotopic (exact) mass is 422 g/mol. The van der Waals surface area contributed by atoms with Crippen molar-refractivity contribution in [2.45, 2.75) is 19.4 Å². The predicted octanol–water partition coefficient (Wildman–Crippen LogP) is 3.50. The van der Waals surface area contributed by atoms with Crippen LogP contribution in [0, 0.1) is 0 Å². The average molecular weight is 423 g/mol. The second-order valence-corrected chi connectivity index (χ2v) is 7.79. The molecule has 4 rings (SSSR count). The summed E-state index contributed by atoms with van der Waals surface area (Å²) in [5.74, 6) is 2.94. The fourth-order valence-electron chi connectivity index (χ4n) is 3.92. The maximum atomic E-state index is 5.42. The molecule has 1 saturated heterocycles. The van der Waals surface area contributed by atoms with Gasteiger partial charge in [0.15, 0.2) is 11.5 Å². The first kappa shape index (κ1) is 21.3. The fourth-order valence-corrected chi connectivity index (χ4v) is 3.92. The van der Waals surface area contributed by atoms with Gasteiger partial charge in [-0.25, -0.2) is 0 Å². The summed E-state index contributed by atoms with van der Waals surface area (Å²) < 4.78 is 16.2. The van der Waals surface area contributed by atoms with Crippen molar-refractivity contribution in [2.75, 3.05) is 46.9 Å². The molecule has 0 aliphatic carbocycles. The molecule has 0 saturated carbocycles. The molecule has 31 heavy (non-hydrogen) atoms. The topological polar surface area (TPSA) is 63.9 Å². The molecule has 0 unspecified atom stereocenters. The van der Waals surface area contributed by atoms with Gasteiger partial charge in [-0.15, -0.1) is 0 Å². The highest BCUT2D eigenvalue weighted by Crippen LogP contribution is 2.28. The van der Waals surface area contributed by atoms with Gasteiger partial charge in [-0.1, -0.05) is 41.6 Å². The number of hydrogen-bond acceptors (Lipinski definition) is 7. The van der Waals surface area contributed by atoms with Gasteiger partial charge >= 0.3 is 0 Å². The van der Waals surface area contributed by atoms with Crippen LogP contribution in [0.1, 0.15) is 17.9 Å². The second-order valence-electron chi connectivity index (χ2n) is 7.79. The zero-order chi connectivity index (χ0) is 21.5. The lowest BCUT2D eigenvalue weighted by Gasteiger charge is -2.34. The molecular weight excluding hydrogens is 392 g/mol. The first-order valence-electron chi connectivity index (χ1n) is 10.8. The molecule has 0 radical (unpaired) electrons. The van der Waals surface area contributed by atoms with Gasteiger partial charge < -0.3 is 18.9 Å². The van der Waals surface area contributed by atoms with E-state index in [0.29, 0.717) is 11.7 Å². The maximum Gasteiger partial charge on any atom is 0.227 e. The van der Waals surface area contributed by atoms with Gasteiger partial charge in [0, 0.05) is 44.7 Å². The van der Waals surface area contributed by atoms with Gasteiger partial charge in [0.2, 0.25) is 11.7 Å². The number of benzene rings is 2. The molecule has 2 heterocycles. The van der Waals surface area contributed by atoms with E-state index in [1.807, 2.05) is 36.4 Å². The fraction of sp³-hybridized carbons (Fsp3) is 0.417. The predicted molar refractivity (Wildman–Crippen MR) is 119 cm³/mol. The Morgan fingerprint density at radius 3 is 2.39 bits per heavy atom. The van der Waals surface area contributed by atoms with Crippen LogP contribution in [0.4, 0.5) is 0 Å². The lowest BCUT2D eigenvalue weighted by atomic mass is 10.1. The number of hydrogen-bond donors (Lipinski definition) is 0. The molecular formula is C24H30N4O3. The Labute approximate surface area is 183 Å². The van der Waals surface area contributed by atoms with Crippen LogP contribution in [0.2, 0.25) is 0 Å². The molecule has 164 valence electrons. The molecule has 0 N–H and O–H groups in total. The van der Waals surface area contributed by atoms with Gasteiger partial charge in [-0.2, -0.15) is 4.98 Å². The first-order valence-corrected chi connectivity index (χ1v) is 10.8. The normalized spacial score (nSPS) is 15.2. The van der Waals surface area contributed by atoms with Gasteiger partial charge in [-0.05, 0) is 30.7 Å². The summed E-state index contributed by atoms with van der Waals surface area (Å²) in [6, 6.07) is 16.1. The summed E-state index contributed by atoms with van der Waals surface area (Å²) in [5.41, 5.74) is 2.24. The van der Waals surface area contributed by atoms with Crippen LogP contribution in [0.25, 0.3) is 11.4 Å². The molecule has 1 fully saturated rings. The molecule has 2 aromatic carbocycles. The smallest absolute Gasteiger partial charge is 0.227 e. The summed E-state index contributed by atoms with van der Waals surface area (Å²) in [4.78, 5) is 9.53. The van der Waals surface area contributed by atoms with Crippen molar-refractivity contribution >= 4 is 0 Å². The highest BCUT2D eigenvalue weighted by Gasteiger charge is 2.18. The minimum Gasteiger partial charge on any atom is -0.493 e. The third kappa shape index (κ3) is 5.62. The molecule has 3 aromatic rings. The number of aryl methyl sites for hydroxylation is 1. The molecule has 0 amide bonds. The number of aromatic nitrogens is 2. The highest BCUT2D eigenvalue weighted by molar-refractivity contribution is 5.53. The van der Waals surface area contributed by atoms with Crippen LogP contribution in [-0.2, 0) is 13.0 Å². The number of nitrogens with zero attached hydrogens (tertiary/aromatic N) is 4. The van der Waals surface area contributed by atoms with E-state index < -0.39 is 0 Å². The molecule has 1 aromatic heterocycles. The van der Waals surface area contributed by atoms with Gasteiger partial charge in [0.25, 0.3) is 0 Å². The van der Waals surface area contributed by atoms with Crippen LogP contribution in [0.3, 0.4) is 0 Å². The van der Waals surface area contributed by atoms with Crippen molar-refractivity contribution in [3.05, 3.63) is 60.0 Å². The molecule has 0 atom stereocenters. The standard InChI is InChI=1S/C24H30N4O3/c1-29-21-11-10-19(17-22(21)30-2)18-28-15-13-27(14-16-28)12-6-9-23-25-24(26-31-23)20-7-4-3-5-8-20/h3-5,7-8,10-11,17H,6,9,12-16,18H2,1-2H3.